The Morgan fingerprint density at radius 2 is 1.75 bits per heavy atom. The van der Waals surface area contributed by atoms with Gasteiger partial charge >= 0.3 is 0 Å². The largest absolute Gasteiger partial charge is 0.494 e. The van der Waals surface area contributed by atoms with Gasteiger partial charge in [0.2, 0.25) is 5.95 Å². The van der Waals surface area contributed by atoms with Gasteiger partial charge in [-0.05, 0) is 24.3 Å². The Morgan fingerprint density at radius 3 is 2.40 bits per heavy atom. The normalized spacial score (nSPS) is 10.9. The summed E-state index contributed by atoms with van der Waals surface area (Å²) >= 11 is 12.5. The zero-order chi connectivity index (χ0) is 14.3. The van der Waals surface area contributed by atoms with Gasteiger partial charge in [-0.2, -0.15) is 0 Å². The van der Waals surface area contributed by atoms with Gasteiger partial charge in [-0.1, -0.05) is 35.3 Å². The van der Waals surface area contributed by atoms with Crippen molar-refractivity contribution in [1.29, 1.82) is 0 Å². The summed E-state index contributed by atoms with van der Waals surface area (Å²) in [6, 6.07) is 10.9. The molecule has 1 heterocycles. The molecule has 2 aromatic carbocycles. The quantitative estimate of drug-likeness (QED) is 0.780. The first-order chi connectivity index (χ1) is 9.63. The number of fused-ring (bicyclic) bond motifs is 1. The number of halogens is 2. The van der Waals surface area contributed by atoms with Crippen LogP contribution in [-0.2, 0) is 0 Å². The lowest BCUT2D eigenvalue weighted by Gasteiger charge is -2.10. The number of hydrogen-bond acceptors (Lipinski definition) is 3. The van der Waals surface area contributed by atoms with Crippen molar-refractivity contribution in [2.24, 2.45) is 0 Å². The van der Waals surface area contributed by atoms with Crippen LogP contribution in [-0.4, -0.2) is 16.7 Å². The molecule has 6 heteroatoms. The molecule has 2 N–H and O–H groups in total. The van der Waals surface area contributed by atoms with Crippen molar-refractivity contribution in [3.8, 4) is 11.4 Å². The molecule has 3 rings (SSSR count). The number of methoxy groups -OCH3 is 1. The van der Waals surface area contributed by atoms with E-state index in [1.807, 2.05) is 18.2 Å². The first-order valence-corrected chi connectivity index (χ1v) is 6.64. The topological polar surface area (TPSA) is 53.1 Å². The van der Waals surface area contributed by atoms with Gasteiger partial charge in [-0.3, -0.25) is 4.57 Å². The van der Waals surface area contributed by atoms with Gasteiger partial charge in [0.05, 0.1) is 28.4 Å². The van der Waals surface area contributed by atoms with Gasteiger partial charge in [-0.25, -0.2) is 4.98 Å². The van der Waals surface area contributed by atoms with Crippen LogP contribution in [0.15, 0.2) is 36.4 Å². The van der Waals surface area contributed by atoms with E-state index < -0.39 is 0 Å². The number of hydrogen-bond donors (Lipinski definition) is 1. The molecule has 3 aromatic rings. The number of anilines is 1. The van der Waals surface area contributed by atoms with E-state index in [-0.39, 0.29) is 0 Å². The lowest BCUT2D eigenvalue weighted by Crippen LogP contribution is -2.02. The van der Waals surface area contributed by atoms with Crippen LogP contribution < -0.4 is 10.5 Å². The van der Waals surface area contributed by atoms with E-state index >= 15 is 0 Å². The number of rotatable bonds is 2. The van der Waals surface area contributed by atoms with E-state index in [4.69, 9.17) is 33.7 Å². The van der Waals surface area contributed by atoms with Crippen molar-refractivity contribution in [3.05, 3.63) is 46.4 Å². The Morgan fingerprint density at radius 1 is 1.10 bits per heavy atom. The summed E-state index contributed by atoms with van der Waals surface area (Å²) in [5, 5.41) is 1.01. The van der Waals surface area contributed by atoms with Crippen molar-refractivity contribution in [1.82, 2.24) is 9.55 Å². The molecule has 0 atom stereocenters. The minimum Gasteiger partial charge on any atom is -0.494 e. The third-order valence-corrected chi connectivity index (χ3v) is 3.67. The maximum absolute atomic E-state index is 6.25. The number of para-hydroxylation sites is 2. The van der Waals surface area contributed by atoms with Gasteiger partial charge in [0, 0.05) is 0 Å². The summed E-state index contributed by atoms with van der Waals surface area (Å²) in [6.07, 6.45) is 0. The summed E-state index contributed by atoms with van der Waals surface area (Å²) in [4.78, 5) is 4.34. The molecule has 0 spiro atoms. The fraction of sp³-hybridized carbons (Fsp3) is 0.0714. The van der Waals surface area contributed by atoms with E-state index in [0.717, 1.165) is 5.52 Å². The van der Waals surface area contributed by atoms with Crippen LogP contribution in [0.1, 0.15) is 0 Å². The smallest absolute Gasteiger partial charge is 0.206 e. The molecule has 102 valence electrons. The Balaban J connectivity index is 2.40. The highest BCUT2D eigenvalue weighted by molar-refractivity contribution is 6.38. The van der Waals surface area contributed by atoms with E-state index in [0.29, 0.717) is 32.9 Å². The summed E-state index contributed by atoms with van der Waals surface area (Å²) in [5.74, 6) is 0.954. The van der Waals surface area contributed by atoms with E-state index in [9.17, 15) is 0 Å². The van der Waals surface area contributed by atoms with Crippen LogP contribution in [0.3, 0.4) is 0 Å². The van der Waals surface area contributed by atoms with Crippen molar-refractivity contribution in [2.45, 2.75) is 0 Å². The molecule has 0 radical (unpaired) electrons. The van der Waals surface area contributed by atoms with Crippen LogP contribution in [0.2, 0.25) is 10.0 Å². The van der Waals surface area contributed by atoms with Gasteiger partial charge in [0.15, 0.2) is 0 Å². The highest BCUT2D eigenvalue weighted by Gasteiger charge is 2.17. The molecule has 0 aliphatic carbocycles. The first-order valence-electron chi connectivity index (χ1n) is 5.89. The molecule has 0 bridgehead atoms. The van der Waals surface area contributed by atoms with Crippen molar-refractivity contribution in [2.75, 3.05) is 12.8 Å². The molecule has 0 fully saturated rings. The van der Waals surface area contributed by atoms with Crippen molar-refractivity contribution < 1.29 is 4.74 Å². The number of benzene rings is 2. The molecule has 0 aliphatic rings. The van der Waals surface area contributed by atoms with Crippen LogP contribution in [0.4, 0.5) is 5.95 Å². The standard InChI is InChI=1S/C14H11Cl2N3O/c1-20-11-7-3-6-10-12(11)18-14(17)19(10)13-8(15)4-2-5-9(13)16/h2-7H,1H3,(H2,17,18). The Bertz CT molecular complexity index is 778. The minimum atomic E-state index is 0.305. The summed E-state index contributed by atoms with van der Waals surface area (Å²) in [7, 11) is 1.59. The predicted octanol–water partition coefficient (Wildman–Crippen LogP) is 3.92. The SMILES string of the molecule is COc1cccc2c1nc(N)n2-c1c(Cl)cccc1Cl. The van der Waals surface area contributed by atoms with E-state index in [2.05, 4.69) is 4.98 Å². The monoisotopic (exact) mass is 307 g/mol. The molecule has 0 aliphatic heterocycles. The molecule has 0 saturated carbocycles. The minimum absolute atomic E-state index is 0.305. The molecule has 1 aromatic heterocycles. The van der Waals surface area contributed by atoms with Crippen molar-refractivity contribution in [3.63, 3.8) is 0 Å². The zero-order valence-electron chi connectivity index (χ0n) is 10.6. The fourth-order valence-corrected chi connectivity index (χ4v) is 2.76. The summed E-state index contributed by atoms with van der Waals surface area (Å²) < 4.78 is 7.02. The molecule has 0 unspecified atom stereocenters. The number of ether oxygens (including phenoxy) is 1. The zero-order valence-corrected chi connectivity index (χ0v) is 12.1. The molecule has 4 nitrogen and oxygen atoms in total. The Kier molecular flexibility index (Phi) is 3.20. The number of imidazole rings is 1. The second-order valence-electron chi connectivity index (χ2n) is 4.20. The van der Waals surface area contributed by atoms with Crippen LogP contribution in [0, 0.1) is 0 Å². The number of nitrogens with two attached hydrogens (primary N) is 1. The highest BCUT2D eigenvalue weighted by atomic mass is 35.5. The van der Waals surface area contributed by atoms with Gasteiger partial charge in [0.25, 0.3) is 0 Å². The maximum atomic E-state index is 6.25. The predicted molar refractivity (Wildman–Crippen MR) is 82.1 cm³/mol. The molecule has 0 saturated heterocycles. The second-order valence-corrected chi connectivity index (χ2v) is 5.02. The average molecular weight is 308 g/mol. The molecule has 0 amide bonds. The number of nitrogen functional groups attached to an aromatic ring is 1. The lowest BCUT2D eigenvalue weighted by atomic mass is 10.2. The summed E-state index contributed by atoms with van der Waals surface area (Å²) in [6.45, 7) is 0. The molecular formula is C14H11Cl2N3O. The molecular weight excluding hydrogens is 297 g/mol. The van der Waals surface area contributed by atoms with Gasteiger partial charge < -0.3 is 10.5 Å². The maximum Gasteiger partial charge on any atom is 0.206 e. The third-order valence-electron chi connectivity index (χ3n) is 3.06. The van der Waals surface area contributed by atoms with E-state index in [1.54, 1.807) is 29.9 Å². The second kappa shape index (κ2) is 4.89. The fourth-order valence-electron chi connectivity index (χ4n) is 2.19. The highest BCUT2D eigenvalue weighted by Crippen LogP contribution is 2.35. The van der Waals surface area contributed by atoms with Crippen LogP contribution in [0.25, 0.3) is 16.7 Å². The van der Waals surface area contributed by atoms with Crippen LogP contribution >= 0.6 is 23.2 Å². The number of nitrogens with zero attached hydrogens (tertiary/aromatic N) is 2. The summed E-state index contributed by atoms with van der Waals surface area (Å²) in [5.41, 5.74) is 8.10. The Hall–Kier alpha value is -1.91. The lowest BCUT2D eigenvalue weighted by molar-refractivity contribution is 0.419. The van der Waals surface area contributed by atoms with Gasteiger partial charge in [-0.15, -0.1) is 0 Å². The van der Waals surface area contributed by atoms with E-state index in [1.165, 1.54) is 0 Å². The number of aromatic nitrogens is 2. The van der Waals surface area contributed by atoms with Gasteiger partial charge in [0.1, 0.15) is 11.3 Å². The molecule has 20 heavy (non-hydrogen) atoms. The third kappa shape index (κ3) is 1.88. The first kappa shape index (κ1) is 13.1. The van der Waals surface area contributed by atoms with Crippen molar-refractivity contribution >= 4 is 40.2 Å². The average Bonchev–Trinajstić information content (AvgIpc) is 2.75. The van der Waals surface area contributed by atoms with Crippen LogP contribution in [0.5, 0.6) is 5.75 Å². The Labute approximate surface area is 125 Å².